The fourth-order valence-corrected chi connectivity index (χ4v) is 1.28. The van der Waals surface area contributed by atoms with Gasteiger partial charge < -0.3 is 10.6 Å². The second kappa shape index (κ2) is 6.85. The van der Waals surface area contributed by atoms with E-state index in [1.54, 1.807) is 12.1 Å². The predicted molar refractivity (Wildman–Crippen MR) is 64.9 cm³/mol. The predicted octanol–water partition coefficient (Wildman–Crippen LogP) is 0.991. The van der Waals surface area contributed by atoms with E-state index in [0.29, 0.717) is 6.54 Å². The monoisotopic (exact) mass is 255 g/mol. The quantitative estimate of drug-likeness (QED) is 0.771. The topological polar surface area (TPSA) is 71.1 Å². The Morgan fingerprint density at radius 3 is 2.76 bits per heavy atom. The minimum atomic E-state index is -0.417. The van der Waals surface area contributed by atoms with Crippen LogP contribution in [0.25, 0.3) is 0 Å². The largest absolute Gasteiger partial charge is 0.355 e. The lowest BCUT2D eigenvalue weighted by Gasteiger charge is -2.05. The van der Waals surface area contributed by atoms with E-state index in [-0.39, 0.29) is 23.3 Å². The second-order valence-electron chi connectivity index (χ2n) is 3.38. The van der Waals surface area contributed by atoms with Gasteiger partial charge in [-0.05, 0) is 18.6 Å². The van der Waals surface area contributed by atoms with Gasteiger partial charge in [-0.3, -0.25) is 9.59 Å². The summed E-state index contributed by atoms with van der Waals surface area (Å²) < 4.78 is 0. The van der Waals surface area contributed by atoms with Crippen molar-refractivity contribution < 1.29 is 9.59 Å². The second-order valence-corrected chi connectivity index (χ2v) is 3.77. The third kappa shape index (κ3) is 4.82. The van der Waals surface area contributed by atoms with Crippen LogP contribution in [-0.2, 0) is 4.79 Å². The number of halogens is 1. The molecule has 0 saturated heterocycles. The maximum atomic E-state index is 11.6. The van der Waals surface area contributed by atoms with Gasteiger partial charge in [-0.25, -0.2) is 4.98 Å². The Hall–Kier alpha value is -1.62. The molecule has 0 aromatic carbocycles. The zero-order valence-electron chi connectivity index (χ0n) is 9.50. The molecule has 2 N–H and O–H groups in total. The molecule has 2 amide bonds. The lowest BCUT2D eigenvalue weighted by atomic mass is 10.3. The summed E-state index contributed by atoms with van der Waals surface area (Å²) in [6.45, 7) is 2.49. The molecule has 0 atom stereocenters. The van der Waals surface area contributed by atoms with Crippen LogP contribution in [0.4, 0.5) is 0 Å². The van der Waals surface area contributed by atoms with Gasteiger partial charge in [0.2, 0.25) is 5.91 Å². The fourth-order valence-electron chi connectivity index (χ4n) is 1.11. The third-order valence-corrected chi connectivity index (χ3v) is 2.14. The first kappa shape index (κ1) is 13.4. The van der Waals surface area contributed by atoms with Gasteiger partial charge in [0.15, 0.2) is 0 Å². The number of carbonyl (C=O) groups excluding carboxylic acids is 2. The van der Waals surface area contributed by atoms with Crippen LogP contribution in [0.2, 0.25) is 5.15 Å². The maximum Gasteiger partial charge on any atom is 0.270 e. The summed E-state index contributed by atoms with van der Waals surface area (Å²) in [5.41, 5.74) is 0.195. The van der Waals surface area contributed by atoms with Crippen molar-refractivity contribution in [3.8, 4) is 0 Å². The highest BCUT2D eigenvalue weighted by atomic mass is 35.5. The average molecular weight is 256 g/mol. The molecule has 0 aliphatic carbocycles. The molecule has 6 heteroatoms. The van der Waals surface area contributed by atoms with E-state index >= 15 is 0 Å². The normalized spacial score (nSPS) is 9.76. The smallest absolute Gasteiger partial charge is 0.270 e. The van der Waals surface area contributed by atoms with Gasteiger partial charge in [-0.15, -0.1) is 0 Å². The van der Waals surface area contributed by atoms with Crippen LogP contribution in [0.1, 0.15) is 23.8 Å². The summed E-state index contributed by atoms with van der Waals surface area (Å²) in [7, 11) is 0. The van der Waals surface area contributed by atoms with Gasteiger partial charge in [0.1, 0.15) is 10.8 Å². The van der Waals surface area contributed by atoms with Crippen molar-refractivity contribution in [1.29, 1.82) is 0 Å². The van der Waals surface area contributed by atoms with Crippen molar-refractivity contribution in [3.63, 3.8) is 0 Å². The van der Waals surface area contributed by atoms with Crippen LogP contribution in [0.5, 0.6) is 0 Å². The number of amides is 2. The van der Waals surface area contributed by atoms with Crippen molar-refractivity contribution >= 4 is 23.4 Å². The van der Waals surface area contributed by atoms with E-state index in [2.05, 4.69) is 15.6 Å². The minimum absolute atomic E-state index is 0.0625. The molecule has 0 aliphatic heterocycles. The molecule has 0 bridgehead atoms. The molecule has 5 nitrogen and oxygen atoms in total. The summed E-state index contributed by atoms with van der Waals surface area (Å²) in [5, 5.41) is 5.36. The lowest BCUT2D eigenvalue weighted by molar-refractivity contribution is -0.120. The molecule has 0 saturated carbocycles. The van der Waals surface area contributed by atoms with Gasteiger partial charge in [0.05, 0.1) is 6.54 Å². The molecule has 92 valence electrons. The highest BCUT2D eigenvalue weighted by Crippen LogP contribution is 2.04. The van der Waals surface area contributed by atoms with Crippen molar-refractivity contribution in [1.82, 2.24) is 15.6 Å². The highest BCUT2D eigenvalue weighted by Gasteiger charge is 2.08. The summed E-state index contributed by atoms with van der Waals surface area (Å²) >= 11 is 5.65. The van der Waals surface area contributed by atoms with Gasteiger partial charge >= 0.3 is 0 Å². The van der Waals surface area contributed by atoms with Crippen molar-refractivity contribution in [3.05, 3.63) is 29.0 Å². The highest BCUT2D eigenvalue weighted by molar-refractivity contribution is 6.29. The molecular formula is C11H14ClN3O2. The molecule has 1 heterocycles. The molecule has 1 rings (SSSR count). The number of nitrogens with one attached hydrogen (secondary N) is 2. The van der Waals surface area contributed by atoms with Crippen molar-refractivity contribution in [2.75, 3.05) is 13.1 Å². The average Bonchev–Trinajstić information content (AvgIpc) is 2.33. The van der Waals surface area contributed by atoms with Gasteiger partial charge in [-0.1, -0.05) is 24.6 Å². The number of carbonyl (C=O) groups is 2. The van der Waals surface area contributed by atoms with E-state index in [9.17, 15) is 9.59 Å². The molecule has 0 fully saturated rings. The van der Waals surface area contributed by atoms with Gasteiger partial charge in [0.25, 0.3) is 5.91 Å². The van der Waals surface area contributed by atoms with E-state index in [4.69, 9.17) is 11.6 Å². The Morgan fingerprint density at radius 2 is 2.12 bits per heavy atom. The molecule has 0 aliphatic rings. The SMILES string of the molecule is CCCNC(=O)CNC(=O)c1cccc(Cl)n1. The first-order valence-corrected chi connectivity index (χ1v) is 5.68. The Morgan fingerprint density at radius 1 is 1.35 bits per heavy atom. The molecule has 1 aromatic heterocycles. The van der Waals surface area contributed by atoms with E-state index in [1.165, 1.54) is 6.07 Å². The summed E-state index contributed by atoms with van der Waals surface area (Å²) in [5.74, 6) is -0.638. The van der Waals surface area contributed by atoms with Crippen LogP contribution in [0.3, 0.4) is 0 Å². The number of rotatable bonds is 5. The first-order valence-electron chi connectivity index (χ1n) is 5.31. The Bertz CT molecular complexity index is 409. The maximum absolute atomic E-state index is 11.6. The van der Waals surface area contributed by atoms with Crippen LogP contribution in [-0.4, -0.2) is 29.9 Å². The van der Waals surface area contributed by atoms with Gasteiger partial charge in [0, 0.05) is 6.54 Å². The molecule has 0 spiro atoms. The number of pyridine rings is 1. The molecule has 17 heavy (non-hydrogen) atoms. The Balaban J connectivity index is 2.42. The zero-order chi connectivity index (χ0) is 12.7. The first-order chi connectivity index (χ1) is 8.13. The summed E-state index contributed by atoms with van der Waals surface area (Å²) in [4.78, 5) is 26.6. The molecular weight excluding hydrogens is 242 g/mol. The number of nitrogens with zero attached hydrogens (tertiary/aromatic N) is 1. The number of hydrogen-bond acceptors (Lipinski definition) is 3. The Kier molecular flexibility index (Phi) is 5.42. The molecule has 1 aromatic rings. The van der Waals surface area contributed by atoms with E-state index in [0.717, 1.165) is 6.42 Å². The molecule has 0 radical (unpaired) electrons. The third-order valence-electron chi connectivity index (χ3n) is 1.93. The summed E-state index contributed by atoms with van der Waals surface area (Å²) in [6.07, 6.45) is 0.857. The Labute approximate surface area is 105 Å². The van der Waals surface area contributed by atoms with Crippen LogP contribution in [0.15, 0.2) is 18.2 Å². The van der Waals surface area contributed by atoms with Crippen LogP contribution in [0, 0.1) is 0 Å². The number of aromatic nitrogens is 1. The van der Waals surface area contributed by atoms with E-state index in [1.807, 2.05) is 6.92 Å². The minimum Gasteiger partial charge on any atom is -0.355 e. The van der Waals surface area contributed by atoms with Gasteiger partial charge in [-0.2, -0.15) is 0 Å². The number of hydrogen-bond donors (Lipinski definition) is 2. The molecule has 0 unspecified atom stereocenters. The summed E-state index contributed by atoms with van der Waals surface area (Å²) in [6, 6.07) is 4.73. The standard InChI is InChI=1S/C11H14ClN3O2/c1-2-6-13-10(16)7-14-11(17)8-4-3-5-9(12)15-8/h3-5H,2,6-7H2,1H3,(H,13,16)(H,14,17). The van der Waals surface area contributed by atoms with Crippen LogP contribution >= 0.6 is 11.6 Å². The lowest BCUT2D eigenvalue weighted by Crippen LogP contribution is -2.37. The van der Waals surface area contributed by atoms with Crippen molar-refractivity contribution in [2.24, 2.45) is 0 Å². The van der Waals surface area contributed by atoms with Crippen molar-refractivity contribution in [2.45, 2.75) is 13.3 Å². The van der Waals surface area contributed by atoms with Crippen LogP contribution < -0.4 is 10.6 Å². The fraction of sp³-hybridized carbons (Fsp3) is 0.364. The van der Waals surface area contributed by atoms with E-state index < -0.39 is 5.91 Å². The zero-order valence-corrected chi connectivity index (χ0v) is 10.3.